The van der Waals surface area contributed by atoms with Crippen LogP contribution in [0.4, 0.5) is 9.59 Å². The van der Waals surface area contributed by atoms with Crippen LogP contribution >= 0.6 is 0 Å². The van der Waals surface area contributed by atoms with Crippen molar-refractivity contribution >= 4 is 18.1 Å². The van der Waals surface area contributed by atoms with Crippen molar-refractivity contribution in [3.05, 3.63) is 35.9 Å². The van der Waals surface area contributed by atoms with Gasteiger partial charge in [-0.1, -0.05) is 50.6 Å². The van der Waals surface area contributed by atoms with Crippen LogP contribution in [0.15, 0.2) is 30.3 Å². The van der Waals surface area contributed by atoms with E-state index in [1.165, 1.54) is 0 Å². The third-order valence-corrected chi connectivity index (χ3v) is 5.33. The van der Waals surface area contributed by atoms with Gasteiger partial charge in [0.1, 0.15) is 18.2 Å². The topological polar surface area (TPSA) is 106 Å². The SMILES string of the molecule is CC(C)[C@H](NC(=O)OCc1ccccc1)C(=O)N[C@@H]1CCC[C@@H]1CNC(=O)OC(C)(C)C. The summed E-state index contributed by atoms with van der Waals surface area (Å²) in [5, 5.41) is 8.55. The molecule has 0 saturated heterocycles. The summed E-state index contributed by atoms with van der Waals surface area (Å²) in [6, 6.07) is 8.59. The molecule has 0 heterocycles. The zero-order valence-electron chi connectivity index (χ0n) is 19.8. The minimum absolute atomic E-state index is 0.0687. The van der Waals surface area contributed by atoms with Gasteiger partial charge in [-0.2, -0.15) is 0 Å². The molecule has 1 saturated carbocycles. The van der Waals surface area contributed by atoms with Crippen molar-refractivity contribution in [2.75, 3.05) is 6.54 Å². The van der Waals surface area contributed by atoms with E-state index in [1.807, 2.05) is 65.0 Å². The van der Waals surface area contributed by atoms with Crippen LogP contribution in [-0.4, -0.2) is 42.3 Å². The molecular formula is C24H37N3O5. The first-order valence-electron chi connectivity index (χ1n) is 11.3. The van der Waals surface area contributed by atoms with Crippen LogP contribution in [0, 0.1) is 11.8 Å². The summed E-state index contributed by atoms with van der Waals surface area (Å²) in [7, 11) is 0. The number of alkyl carbamates (subject to hydrolysis) is 2. The van der Waals surface area contributed by atoms with Crippen molar-refractivity contribution in [1.82, 2.24) is 16.0 Å². The van der Waals surface area contributed by atoms with E-state index < -0.39 is 23.8 Å². The monoisotopic (exact) mass is 447 g/mol. The summed E-state index contributed by atoms with van der Waals surface area (Å²) in [5.74, 6) is -0.242. The van der Waals surface area contributed by atoms with Gasteiger partial charge >= 0.3 is 12.2 Å². The highest BCUT2D eigenvalue weighted by Crippen LogP contribution is 2.25. The van der Waals surface area contributed by atoms with Crippen molar-refractivity contribution in [2.24, 2.45) is 11.8 Å². The Morgan fingerprint density at radius 2 is 1.75 bits per heavy atom. The summed E-state index contributed by atoms with van der Waals surface area (Å²) in [5.41, 5.74) is 0.318. The second-order valence-electron chi connectivity index (χ2n) is 9.62. The molecule has 3 amide bonds. The average molecular weight is 448 g/mol. The molecule has 0 aromatic heterocycles. The van der Waals surface area contributed by atoms with Crippen LogP contribution in [0.1, 0.15) is 59.4 Å². The normalized spacial score (nSPS) is 19.2. The quantitative estimate of drug-likeness (QED) is 0.563. The van der Waals surface area contributed by atoms with Gasteiger partial charge in [-0.15, -0.1) is 0 Å². The summed E-state index contributed by atoms with van der Waals surface area (Å²) in [6.07, 6.45) is 1.61. The second kappa shape index (κ2) is 11.7. The van der Waals surface area contributed by atoms with E-state index in [0.29, 0.717) is 6.54 Å². The fourth-order valence-corrected chi connectivity index (χ4v) is 3.70. The molecule has 0 aliphatic heterocycles. The predicted octanol–water partition coefficient (Wildman–Crippen LogP) is 3.75. The number of nitrogens with one attached hydrogen (secondary N) is 3. The highest BCUT2D eigenvalue weighted by Gasteiger charge is 2.33. The van der Waals surface area contributed by atoms with Gasteiger partial charge < -0.3 is 25.4 Å². The minimum atomic E-state index is -0.710. The van der Waals surface area contributed by atoms with Crippen LogP contribution in [0.3, 0.4) is 0 Å². The molecule has 178 valence electrons. The fourth-order valence-electron chi connectivity index (χ4n) is 3.70. The first-order valence-corrected chi connectivity index (χ1v) is 11.3. The van der Waals surface area contributed by atoms with E-state index in [-0.39, 0.29) is 30.4 Å². The van der Waals surface area contributed by atoms with Crippen LogP contribution in [0.2, 0.25) is 0 Å². The lowest BCUT2D eigenvalue weighted by Gasteiger charge is -2.27. The maximum absolute atomic E-state index is 12.9. The predicted molar refractivity (Wildman–Crippen MR) is 122 cm³/mol. The van der Waals surface area contributed by atoms with E-state index in [1.54, 1.807) is 0 Å². The zero-order valence-corrected chi connectivity index (χ0v) is 19.8. The molecule has 1 aliphatic rings. The lowest BCUT2D eigenvalue weighted by atomic mass is 10.0. The number of amides is 3. The average Bonchev–Trinajstić information content (AvgIpc) is 3.15. The molecule has 0 spiro atoms. The molecule has 1 aromatic rings. The highest BCUT2D eigenvalue weighted by atomic mass is 16.6. The van der Waals surface area contributed by atoms with Gasteiger partial charge in [-0.25, -0.2) is 9.59 Å². The van der Waals surface area contributed by atoms with E-state index in [9.17, 15) is 14.4 Å². The largest absolute Gasteiger partial charge is 0.445 e. The van der Waals surface area contributed by atoms with Gasteiger partial charge in [-0.05, 0) is 51.0 Å². The van der Waals surface area contributed by atoms with Crippen molar-refractivity contribution < 1.29 is 23.9 Å². The lowest BCUT2D eigenvalue weighted by Crippen LogP contribution is -2.53. The Hall–Kier alpha value is -2.77. The Labute approximate surface area is 190 Å². The first kappa shape index (κ1) is 25.5. The number of hydrogen-bond acceptors (Lipinski definition) is 5. The van der Waals surface area contributed by atoms with Crippen LogP contribution in [-0.2, 0) is 20.9 Å². The van der Waals surface area contributed by atoms with E-state index in [4.69, 9.17) is 9.47 Å². The standard InChI is InChI=1S/C24H37N3O5/c1-16(2)20(27-23(30)31-15-17-10-7-6-8-11-17)21(28)26-19-13-9-12-18(19)14-25-22(29)32-24(3,4)5/h6-8,10-11,16,18-20H,9,12-15H2,1-5H3,(H,25,29)(H,26,28)(H,27,30)/t18-,19-,20+/m1/s1. The molecule has 0 radical (unpaired) electrons. The van der Waals surface area contributed by atoms with Crippen LogP contribution in [0.25, 0.3) is 0 Å². The Balaban J connectivity index is 1.85. The van der Waals surface area contributed by atoms with E-state index in [2.05, 4.69) is 16.0 Å². The summed E-state index contributed by atoms with van der Waals surface area (Å²) >= 11 is 0. The summed E-state index contributed by atoms with van der Waals surface area (Å²) in [4.78, 5) is 37.1. The summed E-state index contributed by atoms with van der Waals surface area (Å²) < 4.78 is 10.5. The van der Waals surface area contributed by atoms with Gasteiger partial charge in [0, 0.05) is 12.6 Å². The van der Waals surface area contributed by atoms with Crippen molar-refractivity contribution in [3.8, 4) is 0 Å². The first-order chi connectivity index (χ1) is 15.0. The number of carbonyl (C=O) groups excluding carboxylic acids is 3. The Kier molecular flexibility index (Phi) is 9.35. The Morgan fingerprint density at radius 3 is 2.38 bits per heavy atom. The molecule has 8 nitrogen and oxygen atoms in total. The number of rotatable bonds is 8. The third kappa shape index (κ3) is 8.77. The molecule has 3 N–H and O–H groups in total. The van der Waals surface area contributed by atoms with Gasteiger partial charge in [0.15, 0.2) is 0 Å². The van der Waals surface area contributed by atoms with E-state index in [0.717, 1.165) is 24.8 Å². The molecule has 0 unspecified atom stereocenters. The maximum atomic E-state index is 12.9. The van der Waals surface area contributed by atoms with Crippen molar-refractivity contribution in [3.63, 3.8) is 0 Å². The third-order valence-electron chi connectivity index (χ3n) is 5.33. The molecule has 8 heteroatoms. The number of hydrogen-bond donors (Lipinski definition) is 3. The maximum Gasteiger partial charge on any atom is 0.408 e. The number of ether oxygens (including phenoxy) is 2. The summed E-state index contributed by atoms with van der Waals surface area (Å²) in [6.45, 7) is 9.76. The van der Waals surface area contributed by atoms with Crippen LogP contribution < -0.4 is 16.0 Å². The molecule has 3 atom stereocenters. The van der Waals surface area contributed by atoms with Gasteiger partial charge in [0.2, 0.25) is 5.91 Å². The molecule has 1 aliphatic carbocycles. The Bertz CT molecular complexity index is 761. The molecule has 1 aromatic carbocycles. The van der Waals surface area contributed by atoms with E-state index >= 15 is 0 Å². The molecule has 2 rings (SSSR count). The Morgan fingerprint density at radius 1 is 1.06 bits per heavy atom. The molecule has 0 bridgehead atoms. The number of carbonyl (C=O) groups is 3. The van der Waals surface area contributed by atoms with Gasteiger partial charge in [0.25, 0.3) is 0 Å². The van der Waals surface area contributed by atoms with Gasteiger partial charge in [-0.3, -0.25) is 4.79 Å². The highest BCUT2D eigenvalue weighted by molar-refractivity contribution is 5.86. The van der Waals surface area contributed by atoms with Crippen molar-refractivity contribution in [2.45, 2.75) is 78.2 Å². The lowest BCUT2D eigenvalue weighted by molar-refractivity contribution is -0.125. The van der Waals surface area contributed by atoms with Gasteiger partial charge in [0.05, 0.1) is 0 Å². The second-order valence-corrected chi connectivity index (χ2v) is 9.62. The molecule has 1 fully saturated rings. The molecule has 32 heavy (non-hydrogen) atoms. The smallest absolute Gasteiger partial charge is 0.408 e. The fraction of sp³-hybridized carbons (Fsp3) is 0.625. The minimum Gasteiger partial charge on any atom is -0.445 e. The zero-order chi connectivity index (χ0) is 23.7. The van der Waals surface area contributed by atoms with Crippen molar-refractivity contribution in [1.29, 1.82) is 0 Å². The van der Waals surface area contributed by atoms with Crippen LogP contribution in [0.5, 0.6) is 0 Å². The number of benzene rings is 1. The molecular weight excluding hydrogens is 410 g/mol.